The molecule has 1 aromatic rings. The van der Waals surface area contributed by atoms with Gasteiger partial charge in [0.2, 0.25) is 0 Å². The Morgan fingerprint density at radius 1 is 1.47 bits per heavy atom. The van der Waals surface area contributed by atoms with Crippen molar-refractivity contribution in [2.24, 2.45) is 13.0 Å². The fraction of sp³-hybridized carbons (Fsp3) is 0.727. The smallest absolute Gasteiger partial charge is 0.162 e. The van der Waals surface area contributed by atoms with Crippen molar-refractivity contribution >= 4 is 12.6 Å². The van der Waals surface area contributed by atoms with Gasteiger partial charge < -0.3 is 4.74 Å². The van der Waals surface area contributed by atoms with Gasteiger partial charge in [-0.05, 0) is 26.0 Å². The Balaban J connectivity index is 2.64. The van der Waals surface area contributed by atoms with E-state index in [4.69, 9.17) is 4.74 Å². The van der Waals surface area contributed by atoms with E-state index < -0.39 is 0 Å². The lowest BCUT2D eigenvalue weighted by Crippen LogP contribution is -2.13. The Morgan fingerprint density at radius 3 is 2.53 bits per heavy atom. The fourth-order valence-corrected chi connectivity index (χ4v) is 1.83. The van der Waals surface area contributed by atoms with E-state index in [-0.39, 0.29) is 0 Å². The molecule has 0 bridgehead atoms. The minimum atomic E-state index is 0.521. The molecular weight excluding hydrogens is 208 g/mol. The molecule has 0 saturated heterocycles. The SMILES string of the molecule is CCC(CS)COc1c(C)nn(C)c1C. The molecule has 0 amide bonds. The van der Waals surface area contributed by atoms with Crippen molar-refractivity contribution in [2.45, 2.75) is 27.2 Å². The topological polar surface area (TPSA) is 27.1 Å². The van der Waals surface area contributed by atoms with E-state index in [1.165, 1.54) is 0 Å². The van der Waals surface area contributed by atoms with Gasteiger partial charge in [0, 0.05) is 13.0 Å². The van der Waals surface area contributed by atoms with Crippen LogP contribution in [0.4, 0.5) is 0 Å². The van der Waals surface area contributed by atoms with Gasteiger partial charge in [0.05, 0.1) is 12.3 Å². The molecule has 0 radical (unpaired) electrons. The second kappa shape index (κ2) is 5.45. The van der Waals surface area contributed by atoms with Gasteiger partial charge in [0.15, 0.2) is 5.75 Å². The van der Waals surface area contributed by atoms with E-state index in [1.54, 1.807) is 0 Å². The van der Waals surface area contributed by atoms with Crippen LogP contribution in [0.5, 0.6) is 5.75 Å². The molecule has 0 aliphatic rings. The lowest BCUT2D eigenvalue weighted by atomic mass is 10.1. The summed E-state index contributed by atoms with van der Waals surface area (Å²) in [7, 11) is 1.94. The second-order valence-electron chi connectivity index (χ2n) is 3.89. The Hall–Kier alpha value is -0.640. The molecule has 0 aliphatic carbocycles. The molecule has 1 aromatic heterocycles. The molecule has 0 aliphatic heterocycles. The van der Waals surface area contributed by atoms with E-state index in [2.05, 4.69) is 24.7 Å². The van der Waals surface area contributed by atoms with E-state index in [9.17, 15) is 0 Å². The van der Waals surface area contributed by atoms with E-state index in [0.29, 0.717) is 5.92 Å². The third-order valence-electron chi connectivity index (χ3n) is 2.74. The monoisotopic (exact) mass is 228 g/mol. The number of hydrogen-bond donors (Lipinski definition) is 1. The number of nitrogens with zero attached hydrogens (tertiary/aromatic N) is 2. The van der Waals surface area contributed by atoms with Crippen LogP contribution in [0.3, 0.4) is 0 Å². The van der Waals surface area contributed by atoms with Gasteiger partial charge in [-0.25, -0.2) is 0 Å². The first-order valence-corrected chi connectivity index (χ1v) is 5.97. The predicted molar refractivity (Wildman–Crippen MR) is 65.8 cm³/mol. The summed E-state index contributed by atoms with van der Waals surface area (Å²) in [6, 6.07) is 0. The molecule has 15 heavy (non-hydrogen) atoms. The summed E-state index contributed by atoms with van der Waals surface area (Å²) in [6.45, 7) is 6.89. The average Bonchev–Trinajstić information content (AvgIpc) is 2.45. The molecule has 0 spiro atoms. The Kier molecular flexibility index (Phi) is 4.51. The van der Waals surface area contributed by atoms with Gasteiger partial charge in [-0.15, -0.1) is 0 Å². The number of aromatic nitrogens is 2. The van der Waals surface area contributed by atoms with Crippen LogP contribution in [0.2, 0.25) is 0 Å². The number of ether oxygens (including phenoxy) is 1. The zero-order chi connectivity index (χ0) is 11.4. The number of thiol groups is 1. The maximum Gasteiger partial charge on any atom is 0.162 e. The molecule has 0 saturated carbocycles. The molecule has 0 aromatic carbocycles. The highest BCUT2D eigenvalue weighted by atomic mass is 32.1. The lowest BCUT2D eigenvalue weighted by Gasteiger charge is -2.13. The van der Waals surface area contributed by atoms with Crippen LogP contribution in [0.25, 0.3) is 0 Å². The number of aryl methyl sites for hydroxylation is 2. The van der Waals surface area contributed by atoms with E-state index >= 15 is 0 Å². The van der Waals surface area contributed by atoms with Crippen LogP contribution >= 0.6 is 12.6 Å². The van der Waals surface area contributed by atoms with Crippen molar-refractivity contribution in [3.63, 3.8) is 0 Å². The van der Waals surface area contributed by atoms with Gasteiger partial charge in [-0.1, -0.05) is 6.92 Å². The molecule has 0 N–H and O–H groups in total. The van der Waals surface area contributed by atoms with Crippen molar-refractivity contribution in [1.82, 2.24) is 9.78 Å². The highest BCUT2D eigenvalue weighted by molar-refractivity contribution is 7.80. The Bertz CT molecular complexity index is 319. The highest BCUT2D eigenvalue weighted by Crippen LogP contribution is 2.22. The molecule has 1 unspecified atom stereocenters. The molecular formula is C11H20N2OS. The molecule has 86 valence electrons. The van der Waals surface area contributed by atoms with Crippen LogP contribution in [-0.4, -0.2) is 22.1 Å². The van der Waals surface area contributed by atoms with Gasteiger partial charge >= 0.3 is 0 Å². The molecule has 4 heteroatoms. The largest absolute Gasteiger partial charge is 0.489 e. The van der Waals surface area contributed by atoms with Crippen molar-refractivity contribution in [3.05, 3.63) is 11.4 Å². The van der Waals surface area contributed by atoms with Crippen LogP contribution in [0.15, 0.2) is 0 Å². The predicted octanol–water partition coefficient (Wildman–Crippen LogP) is 2.37. The minimum absolute atomic E-state index is 0.521. The quantitative estimate of drug-likeness (QED) is 0.783. The molecule has 1 rings (SSSR count). The number of hydrogen-bond acceptors (Lipinski definition) is 3. The standard InChI is InChI=1S/C11H20N2OS/c1-5-10(7-15)6-14-11-8(2)12-13(4)9(11)3/h10,15H,5-7H2,1-4H3. The highest BCUT2D eigenvalue weighted by Gasteiger charge is 2.12. The lowest BCUT2D eigenvalue weighted by molar-refractivity contribution is 0.256. The first-order valence-electron chi connectivity index (χ1n) is 5.34. The summed E-state index contributed by atoms with van der Waals surface area (Å²) in [4.78, 5) is 0. The summed E-state index contributed by atoms with van der Waals surface area (Å²) < 4.78 is 7.65. The van der Waals surface area contributed by atoms with Crippen molar-refractivity contribution in [3.8, 4) is 5.75 Å². The molecule has 3 nitrogen and oxygen atoms in total. The zero-order valence-corrected chi connectivity index (χ0v) is 10.8. The summed E-state index contributed by atoms with van der Waals surface area (Å²) in [5.74, 6) is 2.32. The summed E-state index contributed by atoms with van der Waals surface area (Å²) in [6.07, 6.45) is 1.10. The zero-order valence-electron chi connectivity index (χ0n) is 9.95. The molecule has 1 atom stereocenters. The van der Waals surface area contributed by atoms with Crippen molar-refractivity contribution < 1.29 is 4.74 Å². The van der Waals surface area contributed by atoms with Gasteiger partial charge in [0.25, 0.3) is 0 Å². The Morgan fingerprint density at radius 2 is 2.13 bits per heavy atom. The normalized spacial score (nSPS) is 12.9. The third-order valence-corrected chi connectivity index (χ3v) is 3.26. The Labute approximate surface area is 97.2 Å². The van der Waals surface area contributed by atoms with Gasteiger partial charge in [-0.2, -0.15) is 17.7 Å². The van der Waals surface area contributed by atoms with Crippen LogP contribution < -0.4 is 4.74 Å². The van der Waals surface area contributed by atoms with E-state index in [1.807, 2.05) is 25.6 Å². The fourth-order valence-electron chi connectivity index (χ4n) is 1.46. The first-order chi connectivity index (χ1) is 7.10. The summed E-state index contributed by atoms with van der Waals surface area (Å²) in [5.41, 5.74) is 2.05. The first kappa shape index (κ1) is 12.4. The summed E-state index contributed by atoms with van der Waals surface area (Å²) >= 11 is 4.30. The summed E-state index contributed by atoms with van der Waals surface area (Å²) in [5, 5.41) is 4.31. The maximum atomic E-state index is 5.80. The maximum absolute atomic E-state index is 5.80. The molecule has 0 fully saturated rings. The van der Waals surface area contributed by atoms with E-state index in [0.717, 1.165) is 35.9 Å². The van der Waals surface area contributed by atoms with Gasteiger partial charge in [0.1, 0.15) is 5.69 Å². The van der Waals surface area contributed by atoms with Gasteiger partial charge in [-0.3, -0.25) is 4.68 Å². The average molecular weight is 228 g/mol. The van der Waals surface area contributed by atoms with Crippen LogP contribution in [0.1, 0.15) is 24.7 Å². The number of rotatable bonds is 5. The second-order valence-corrected chi connectivity index (χ2v) is 4.26. The molecule has 1 heterocycles. The van der Waals surface area contributed by atoms with Crippen molar-refractivity contribution in [1.29, 1.82) is 0 Å². The van der Waals surface area contributed by atoms with Crippen LogP contribution in [0, 0.1) is 19.8 Å². The minimum Gasteiger partial charge on any atom is -0.489 e. The third kappa shape index (κ3) is 2.91. The van der Waals surface area contributed by atoms with Crippen molar-refractivity contribution in [2.75, 3.05) is 12.4 Å². The van der Waals surface area contributed by atoms with Crippen LogP contribution in [-0.2, 0) is 7.05 Å².